The molecule has 0 fully saturated rings. The number of carboxylic acid groups (broad SMARTS) is 1. The number of aldehydes is 1. The quantitative estimate of drug-likeness (QED) is 0.829. The van der Waals surface area contributed by atoms with Crippen LogP contribution >= 0.6 is 0 Å². The fourth-order valence-electron chi connectivity index (χ4n) is 1.48. The topological polar surface area (TPSA) is 89.6 Å². The lowest BCUT2D eigenvalue weighted by atomic mass is 10.1. The minimum Gasteiger partial charge on any atom is -0.497 e. The van der Waals surface area contributed by atoms with Gasteiger partial charge in [0.1, 0.15) is 5.75 Å². The molecule has 0 radical (unpaired) electrons. The Morgan fingerprint density at radius 2 is 2.22 bits per heavy atom. The molecule has 1 aromatic heterocycles. The van der Waals surface area contributed by atoms with Crippen molar-refractivity contribution in [3.05, 3.63) is 35.5 Å². The number of nitrogens with zero attached hydrogens (tertiary/aromatic N) is 1. The molecule has 0 unspecified atom stereocenters. The molecule has 0 bridgehead atoms. The van der Waals surface area contributed by atoms with Gasteiger partial charge >= 0.3 is 5.97 Å². The van der Waals surface area contributed by atoms with Crippen molar-refractivity contribution in [2.45, 2.75) is 0 Å². The number of carbonyl (C=O) groups excluding carboxylic acids is 1. The lowest BCUT2D eigenvalue weighted by Crippen LogP contribution is -1.94. The minimum absolute atomic E-state index is 0.202. The first-order chi connectivity index (χ1) is 8.65. The zero-order valence-electron chi connectivity index (χ0n) is 9.41. The third-order valence-corrected chi connectivity index (χ3v) is 2.38. The van der Waals surface area contributed by atoms with Crippen molar-refractivity contribution in [2.24, 2.45) is 0 Å². The summed E-state index contributed by atoms with van der Waals surface area (Å²) in [6, 6.07) is 6.02. The highest BCUT2D eigenvalue weighted by Crippen LogP contribution is 2.27. The zero-order chi connectivity index (χ0) is 13.1. The van der Waals surface area contributed by atoms with Gasteiger partial charge in [-0.15, -0.1) is 0 Å². The van der Waals surface area contributed by atoms with Gasteiger partial charge in [0, 0.05) is 17.2 Å². The molecule has 6 nitrogen and oxygen atoms in total. The van der Waals surface area contributed by atoms with Crippen LogP contribution in [0.5, 0.6) is 5.75 Å². The van der Waals surface area contributed by atoms with Crippen molar-refractivity contribution in [1.29, 1.82) is 0 Å². The number of benzene rings is 1. The van der Waals surface area contributed by atoms with Crippen LogP contribution in [0.4, 0.5) is 0 Å². The van der Waals surface area contributed by atoms with E-state index in [1.165, 1.54) is 13.2 Å². The van der Waals surface area contributed by atoms with E-state index in [9.17, 15) is 9.59 Å². The molecule has 0 saturated heterocycles. The van der Waals surface area contributed by atoms with E-state index in [1.54, 1.807) is 18.2 Å². The van der Waals surface area contributed by atoms with Crippen LogP contribution in [-0.2, 0) is 0 Å². The summed E-state index contributed by atoms with van der Waals surface area (Å²) in [7, 11) is 1.49. The number of hydrogen-bond acceptors (Lipinski definition) is 5. The fourth-order valence-corrected chi connectivity index (χ4v) is 1.48. The average molecular weight is 247 g/mol. The first-order valence-electron chi connectivity index (χ1n) is 4.99. The van der Waals surface area contributed by atoms with E-state index in [2.05, 4.69) is 5.16 Å². The number of carbonyl (C=O) groups is 2. The maximum Gasteiger partial charge on any atom is 0.358 e. The highest BCUT2D eigenvalue weighted by molar-refractivity contribution is 5.90. The smallest absolute Gasteiger partial charge is 0.358 e. The Labute approximate surface area is 102 Å². The molecule has 0 aliphatic rings. The van der Waals surface area contributed by atoms with E-state index >= 15 is 0 Å². The largest absolute Gasteiger partial charge is 0.497 e. The highest BCUT2D eigenvalue weighted by atomic mass is 16.5. The van der Waals surface area contributed by atoms with Gasteiger partial charge in [-0.1, -0.05) is 5.16 Å². The van der Waals surface area contributed by atoms with Crippen molar-refractivity contribution in [3.63, 3.8) is 0 Å². The van der Waals surface area contributed by atoms with Crippen LogP contribution in [0.2, 0.25) is 0 Å². The number of hydrogen-bond donors (Lipinski definition) is 1. The fraction of sp³-hybridized carbons (Fsp3) is 0.0833. The lowest BCUT2D eigenvalue weighted by molar-refractivity contribution is 0.0685. The van der Waals surface area contributed by atoms with Gasteiger partial charge in [-0.05, 0) is 18.2 Å². The second-order valence-corrected chi connectivity index (χ2v) is 3.45. The van der Waals surface area contributed by atoms with Gasteiger partial charge in [0.15, 0.2) is 17.7 Å². The Morgan fingerprint density at radius 3 is 2.78 bits per heavy atom. The highest BCUT2D eigenvalue weighted by Gasteiger charge is 2.15. The molecule has 1 N–H and O–H groups in total. The van der Waals surface area contributed by atoms with E-state index < -0.39 is 5.97 Å². The molecule has 6 heteroatoms. The van der Waals surface area contributed by atoms with E-state index in [4.69, 9.17) is 14.4 Å². The summed E-state index contributed by atoms with van der Waals surface area (Å²) in [6.45, 7) is 0. The first-order valence-corrected chi connectivity index (χ1v) is 4.99. The van der Waals surface area contributed by atoms with E-state index in [1.807, 2.05) is 0 Å². The molecule has 0 atom stereocenters. The van der Waals surface area contributed by atoms with Gasteiger partial charge in [-0.2, -0.15) is 0 Å². The second kappa shape index (κ2) is 4.70. The van der Waals surface area contributed by atoms with E-state index in [0.29, 0.717) is 23.2 Å². The zero-order valence-corrected chi connectivity index (χ0v) is 9.41. The third-order valence-electron chi connectivity index (χ3n) is 2.38. The minimum atomic E-state index is -1.19. The summed E-state index contributed by atoms with van der Waals surface area (Å²) in [6.07, 6.45) is 0.651. The molecule has 0 spiro atoms. The predicted molar refractivity (Wildman–Crippen MR) is 60.8 cm³/mol. The van der Waals surface area contributed by atoms with Crippen LogP contribution in [0, 0.1) is 0 Å². The summed E-state index contributed by atoms with van der Waals surface area (Å²) >= 11 is 0. The first kappa shape index (κ1) is 11.8. The lowest BCUT2D eigenvalue weighted by Gasteiger charge is -2.04. The number of rotatable bonds is 4. The van der Waals surface area contributed by atoms with Crippen LogP contribution in [0.1, 0.15) is 20.8 Å². The summed E-state index contributed by atoms with van der Waals surface area (Å²) in [5.41, 5.74) is 0.581. The predicted octanol–water partition coefficient (Wildman–Crippen LogP) is 1.86. The van der Waals surface area contributed by atoms with Crippen LogP contribution < -0.4 is 4.74 Å². The molecule has 0 aliphatic carbocycles. The normalized spacial score (nSPS) is 10.1. The van der Waals surface area contributed by atoms with Crippen LogP contribution in [-0.4, -0.2) is 29.6 Å². The summed E-state index contributed by atoms with van der Waals surface area (Å²) in [5.74, 6) is -0.460. The summed E-state index contributed by atoms with van der Waals surface area (Å²) in [5, 5.41) is 12.1. The molecule has 2 aromatic rings. The molecule has 1 heterocycles. The van der Waals surface area contributed by atoms with Crippen LogP contribution in [0.25, 0.3) is 11.3 Å². The van der Waals surface area contributed by atoms with E-state index in [-0.39, 0.29) is 11.5 Å². The number of aromatic nitrogens is 1. The van der Waals surface area contributed by atoms with Crippen molar-refractivity contribution in [2.75, 3.05) is 7.11 Å². The van der Waals surface area contributed by atoms with Crippen molar-refractivity contribution >= 4 is 12.3 Å². The van der Waals surface area contributed by atoms with Gasteiger partial charge in [-0.3, -0.25) is 4.79 Å². The van der Waals surface area contributed by atoms with Gasteiger partial charge in [-0.25, -0.2) is 4.79 Å². The van der Waals surface area contributed by atoms with E-state index in [0.717, 1.165) is 0 Å². The maximum atomic E-state index is 10.9. The third kappa shape index (κ3) is 2.08. The molecular formula is C12H9NO5. The Bertz CT molecular complexity index is 602. The monoisotopic (exact) mass is 247 g/mol. The van der Waals surface area contributed by atoms with Gasteiger partial charge < -0.3 is 14.4 Å². The number of ether oxygens (including phenoxy) is 1. The molecule has 0 amide bonds. The SMILES string of the molecule is COc1ccc(C=O)c(-c2cc(C(=O)O)no2)c1. The van der Waals surface area contributed by atoms with Crippen LogP contribution in [0.15, 0.2) is 28.8 Å². The van der Waals surface area contributed by atoms with Crippen molar-refractivity contribution in [1.82, 2.24) is 5.16 Å². The molecule has 0 aliphatic heterocycles. The number of methoxy groups -OCH3 is 1. The Hall–Kier alpha value is -2.63. The molecule has 1 aromatic carbocycles. The molecule has 92 valence electrons. The molecule has 18 heavy (non-hydrogen) atoms. The Balaban J connectivity index is 2.53. The number of carboxylic acids is 1. The Morgan fingerprint density at radius 1 is 1.44 bits per heavy atom. The average Bonchev–Trinajstić information content (AvgIpc) is 2.87. The molecule has 0 saturated carbocycles. The molecular weight excluding hydrogens is 238 g/mol. The standard InChI is InChI=1S/C12H9NO5/c1-17-8-3-2-7(6-14)9(4-8)11-5-10(12(15)16)13-18-11/h2-6H,1H3,(H,15,16). The maximum absolute atomic E-state index is 10.9. The van der Waals surface area contributed by atoms with Crippen LogP contribution in [0.3, 0.4) is 0 Å². The molecule has 2 rings (SSSR count). The summed E-state index contributed by atoms with van der Waals surface area (Å²) < 4.78 is 9.94. The Kier molecular flexibility index (Phi) is 3.09. The van der Waals surface area contributed by atoms with Gasteiger partial charge in [0.05, 0.1) is 7.11 Å². The van der Waals surface area contributed by atoms with Gasteiger partial charge in [0.25, 0.3) is 0 Å². The van der Waals surface area contributed by atoms with Gasteiger partial charge in [0.2, 0.25) is 0 Å². The van der Waals surface area contributed by atoms with Crippen molar-refractivity contribution < 1.29 is 24.0 Å². The number of aromatic carboxylic acids is 1. The van der Waals surface area contributed by atoms with Crippen molar-refractivity contribution in [3.8, 4) is 17.1 Å². The summed E-state index contributed by atoms with van der Waals surface area (Å²) in [4.78, 5) is 21.6. The second-order valence-electron chi connectivity index (χ2n) is 3.45.